The third kappa shape index (κ3) is 3.02. The second-order valence-electron chi connectivity index (χ2n) is 5.93. The number of hydrogen-bond donors (Lipinski definition) is 1. The first-order valence-electron chi connectivity index (χ1n) is 8.37. The number of nitrogens with zero attached hydrogens (tertiary/aromatic N) is 3. The number of amides is 1. The summed E-state index contributed by atoms with van der Waals surface area (Å²) in [6.07, 6.45) is 1.87. The molecule has 1 aromatic heterocycles. The SMILES string of the molecule is CCCn1nnc2cc(C(=O)Nc3c(C)cccc3CC)ccc21. The summed E-state index contributed by atoms with van der Waals surface area (Å²) in [5.41, 5.74) is 5.40. The van der Waals surface area contributed by atoms with Crippen LogP contribution in [0.1, 0.15) is 41.8 Å². The molecule has 0 atom stereocenters. The third-order valence-corrected chi connectivity index (χ3v) is 4.19. The van der Waals surface area contributed by atoms with E-state index >= 15 is 0 Å². The molecule has 5 nitrogen and oxygen atoms in total. The average molecular weight is 322 g/mol. The number of rotatable bonds is 5. The summed E-state index contributed by atoms with van der Waals surface area (Å²) in [5.74, 6) is -0.119. The van der Waals surface area contributed by atoms with Crippen LogP contribution in [0.2, 0.25) is 0 Å². The van der Waals surface area contributed by atoms with Gasteiger partial charge >= 0.3 is 0 Å². The molecule has 0 saturated carbocycles. The zero-order valence-electron chi connectivity index (χ0n) is 14.3. The number of carbonyl (C=O) groups is 1. The first-order valence-corrected chi connectivity index (χ1v) is 8.37. The summed E-state index contributed by atoms with van der Waals surface area (Å²) in [6, 6.07) is 11.6. The lowest BCUT2D eigenvalue weighted by Crippen LogP contribution is -2.14. The topological polar surface area (TPSA) is 59.8 Å². The fourth-order valence-corrected chi connectivity index (χ4v) is 2.88. The molecule has 0 bridgehead atoms. The molecule has 0 aliphatic heterocycles. The van der Waals surface area contributed by atoms with Crippen molar-refractivity contribution in [3.05, 3.63) is 53.1 Å². The van der Waals surface area contributed by atoms with Gasteiger partial charge in [0.25, 0.3) is 5.91 Å². The number of benzene rings is 2. The maximum absolute atomic E-state index is 12.6. The summed E-state index contributed by atoms with van der Waals surface area (Å²) in [5, 5.41) is 11.4. The number of nitrogens with one attached hydrogen (secondary N) is 1. The summed E-state index contributed by atoms with van der Waals surface area (Å²) in [4.78, 5) is 12.6. The van der Waals surface area contributed by atoms with E-state index in [2.05, 4.69) is 29.5 Å². The van der Waals surface area contributed by atoms with Gasteiger partial charge in [0, 0.05) is 17.8 Å². The van der Waals surface area contributed by atoms with Crippen LogP contribution < -0.4 is 5.32 Å². The average Bonchev–Trinajstić information content (AvgIpc) is 2.99. The first kappa shape index (κ1) is 16.2. The molecule has 1 N–H and O–H groups in total. The standard InChI is InChI=1S/C19H22N4O/c1-4-11-23-17-10-9-15(12-16(17)21-22-23)19(24)20-18-13(3)7-6-8-14(18)5-2/h6-10,12H,4-5,11H2,1-3H3,(H,20,24). The number of carbonyl (C=O) groups excluding carboxylic acids is 1. The zero-order chi connectivity index (χ0) is 17.1. The maximum atomic E-state index is 12.6. The van der Waals surface area contributed by atoms with Gasteiger partial charge < -0.3 is 5.32 Å². The molecule has 24 heavy (non-hydrogen) atoms. The Bertz CT molecular complexity index is 882. The lowest BCUT2D eigenvalue weighted by atomic mass is 10.1. The minimum atomic E-state index is -0.119. The Morgan fingerprint density at radius 2 is 2.04 bits per heavy atom. The van der Waals surface area contributed by atoms with E-state index < -0.39 is 0 Å². The molecule has 0 unspecified atom stereocenters. The first-order chi connectivity index (χ1) is 11.6. The predicted molar refractivity (Wildman–Crippen MR) is 96.3 cm³/mol. The van der Waals surface area contributed by atoms with Crippen LogP contribution in [0.5, 0.6) is 0 Å². The highest BCUT2D eigenvalue weighted by atomic mass is 16.1. The van der Waals surface area contributed by atoms with E-state index in [1.807, 2.05) is 41.9 Å². The van der Waals surface area contributed by atoms with Crippen molar-refractivity contribution in [2.24, 2.45) is 0 Å². The molecule has 0 saturated heterocycles. The molecule has 0 spiro atoms. The van der Waals surface area contributed by atoms with Crippen LogP contribution in [0, 0.1) is 6.92 Å². The molecule has 3 aromatic rings. The Labute approximate surface area is 141 Å². The van der Waals surface area contributed by atoms with Crippen LogP contribution in [0.15, 0.2) is 36.4 Å². The number of aryl methyl sites for hydroxylation is 3. The van der Waals surface area contributed by atoms with Crippen LogP contribution in [-0.2, 0) is 13.0 Å². The van der Waals surface area contributed by atoms with E-state index in [4.69, 9.17) is 0 Å². The van der Waals surface area contributed by atoms with Crippen molar-refractivity contribution in [3.63, 3.8) is 0 Å². The van der Waals surface area contributed by atoms with E-state index in [0.29, 0.717) is 5.56 Å². The molecule has 0 aliphatic carbocycles. The number of para-hydroxylation sites is 1. The van der Waals surface area contributed by atoms with Gasteiger partial charge in [0.05, 0.1) is 5.52 Å². The van der Waals surface area contributed by atoms with Crippen LogP contribution in [-0.4, -0.2) is 20.9 Å². The highest BCUT2D eigenvalue weighted by Crippen LogP contribution is 2.22. The van der Waals surface area contributed by atoms with Crippen molar-refractivity contribution in [1.82, 2.24) is 15.0 Å². The molecule has 1 amide bonds. The quantitative estimate of drug-likeness (QED) is 0.773. The van der Waals surface area contributed by atoms with Crippen molar-refractivity contribution in [3.8, 4) is 0 Å². The smallest absolute Gasteiger partial charge is 0.255 e. The van der Waals surface area contributed by atoms with Crippen molar-refractivity contribution in [1.29, 1.82) is 0 Å². The van der Waals surface area contributed by atoms with Crippen LogP contribution in [0.25, 0.3) is 11.0 Å². The van der Waals surface area contributed by atoms with Gasteiger partial charge in [0.1, 0.15) is 5.52 Å². The molecular formula is C19H22N4O. The van der Waals surface area contributed by atoms with E-state index in [0.717, 1.165) is 47.2 Å². The van der Waals surface area contributed by atoms with Gasteiger partial charge in [0.15, 0.2) is 0 Å². The monoisotopic (exact) mass is 322 g/mol. The van der Waals surface area contributed by atoms with Crippen LogP contribution in [0.3, 0.4) is 0 Å². The van der Waals surface area contributed by atoms with Crippen LogP contribution in [0.4, 0.5) is 5.69 Å². The third-order valence-electron chi connectivity index (χ3n) is 4.19. The summed E-state index contributed by atoms with van der Waals surface area (Å²) in [7, 11) is 0. The number of aromatic nitrogens is 3. The van der Waals surface area contributed by atoms with Gasteiger partial charge in [-0.25, -0.2) is 4.68 Å². The lowest BCUT2D eigenvalue weighted by molar-refractivity contribution is 0.102. The lowest BCUT2D eigenvalue weighted by Gasteiger charge is -2.13. The summed E-state index contributed by atoms with van der Waals surface area (Å²) in [6.45, 7) is 7.02. The van der Waals surface area contributed by atoms with Gasteiger partial charge in [-0.1, -0.05) is 37.3 Å². The van der Waals surface area contributed by atoms with Crippen molar-refractivity contribution in [2.45, 2.75) is 40.2 Å². The molecule has 0 radical (unpaired) electrons. The normalized spacial score (nSPS) is 11.0. The molecule has 2 aromatic carbocycles. The number of anilines is 1. The molecular weight excluding hydrogens is 300 g/mol. The van der Waals surface area contributed by atoms with E-state index in [1.165, 1.54) is 0 Å². The second-order valence-corrected chi connectivity index (χ2v) is 5.93. The highest BCUT2D eigenvalue weighted by molar-refractivity contribution is 6.06. The minimum Gasteiger partial charge on any atom is -0.321 e. The number of fused-ring (bicyclic) bond motifs is 1. The Balaban J connectivity index is 1.89. The molecule has 1 heterocycles. The summed E-state index contributed by atoms with van der Waals surface area (Å²) < 4.78 is 1.87. The van der Waals surface area contributed by atoms with Crippen molar-refractivity contribution >= 4 is 22.6 Å². The Hall–Kier alpha value is -2.69. The fourth-order valence-electron chi connectivity index (χ4n) is 2.88. The van der Waals surface area contributed by atoms with E-state index in [1.54, 1.807) is 6.07 Å². The molecule has 0 fully saturated rings. The van der Waals surface area contributed by atoms with Crippen molar-refractivity contribution < 1.29 is 4.79 Å². The maximum Gasteiger partial charge on any atom is 0.255 e. The largest absolute Gasteiger partial charge is 0.321 e. The zero-order valence-corrected chi connectivity index (χ0v) is 14.3. The van der Waals surface area contributed by atoms with E-state index in [-0.39, 0.29) is 5.91 Å². The van der Waals surface area contributed by atoms with Gasteiger partial charge in [-0.2, -0.15) is 0 Å². The molecule has 124 valence electrons. The van der Waals surface area contributed by atoms with Gasteiger partial charge in [-0.05, 0) is 49.1 Å². The molecule has 5 heteroatoms. The highest BCUT2D eigenvalue weighted by Gasteiger charge is 2.13. The van der Waals surface area contributed by atoms with Crippen molar-refractivity contribution in [2.75, 3.05) is 5.32 Å². The minimum absolute atomic E-state index is 0.119. The van der Waals surface area contributed by atoms with Crippen LogP contribution >= 0.6 is 0 Å². The Morgan fingerprint density at radius 1 is 1.21 bits per heavy atom. The van der Waals surface area contributed by atoms with Gasteiger partial charge in [0.2, 0.25) is 0 Å². The predicted octanol–water partition coefficient (Wildman–Crippen LogP) is 3.96. The second kappa shape index (κ2) is 6.83. The summed E-state index contributed by atoms with van der Waals surface area (Å²) >= 11 is 0. The van der Waals surface area contributed by atoms with Gasteiger partial charge in [-0.15, -0.1) is 5.10 Å². The Morgan fingerprint density at radius 3 is 2.79 bits per heavy atom. The van der Waals surface area contributed by atoms with Gasteiger partial charge in [-0.3, -0.25) is 4.79 Å². The number of hydrogen-bond acceptors (Lipinski definition) is 3. The molecule has 0 aliphatic rings. The van der Waals surface area contributed by atoms with E-state index in [9.17, 15) is 4.79 Å². The Kier molecular flexibility index (Phi) is 4.60. The molecule has 3 rings (SSSR count). The fraction of sp³-hybridized carbons (Fsp3) is 0.316.